The van der Waals surface area contributed by atoms with Crippen molar-refractivity contribution in [1.29, 1.82) is 0 Å². The lowest BCUT2D eigenvalue weighted by molar-refractivity contribution is -0.143. The fourth-order valence-electron chi connectivity index (χ4n) is 3.09. The maximum Gasteiger partial charge on any atom is 0.307 e. The quantitative estimate of drug-likeness (QED) is 0.789. The van der Waals surface area contributed by atoms with E-state index < -0.39 is 5.97 Å². The summed E-state index contributed by atoms with van der Waals surface area (Å²) in [4.78, 5) is 13.4. The number of nitrogen functional groups attached to an aromatic ring is 1. The molecule has 0 spiro atoms. The van der Waals surface area contributed by atoms with Gasteiger partial charge in [0.2, 0.25) is 0 Å². The minimum atomic E-state index is -0.679. The molecule has 1 saturated heterocycles. The zero-order chi connectivity index (χ0) is 16.1. The normalized spacial score (nSPS) is 20.5. The molecule has 0 bridgehead atoms. The van der Waals surface area contributed by atoms with E-state index in [-0.39, 0.29) is 5.92 Å². The molecule has 0 saturated carbocycles. The lowest BCUT2D eigenvalue weighted by Crippen LogP contribution is -2.44. The molecule has 0 radical (unpaired) electrons. The maximum absolute atomic E-state index is 11.2. The first-order valence-corrected chi connectivity index (χ1v) is 7.99. The minimum absolute atomic E-state index is 0.235. The van der Waals surface area contributed by atoms with Crippen molar-refractivity contribution in [3.05, 3.63) is 23.8 Å². The van der Waals surface area contributed by atoms with E-state index in [1.807, 2.05) is 25.1 Å². The van der Waals surface area contributed by atoms with Gasteiger partial charge in [-0.25, -0.2) is 0 Å². The Kier molecular flexibility index (Phi) is 5.66. The summed E-state index contributed by atoms with van der Waals surface area (Å²) in [6.07, 6.45) is 2.60. The van der Waals surface area contributed by atoms with Gasteiger partial charge in [0.05, 0.1) is 18.2 Å². The van der Waals surface area contributed by atoms with Crippen LogP contribution in [0.25, 0.3) is 0 Å². The van der Waals surface area contributed by atoms with Crippen LogP contribution in [-0.2, 0) is 11.2 Å². The number of benzene rings is 1. The molecule has 5 heteroatoms. The summed E-state index contributed by atoms with van der Waals surface area (Å²) in [5.74, 6) is -0.188. The molecule has 1 aromatic carbocycles. The molecule has 1 aliphatic rings. The molecule has 0 aromatic heterocycles. The largest absolute Gasteiger partial charge is 0.492 e. The second-order valence-electron chi connectivity index (χ2n) is 6.03. The summed E-state index contributed by atoms with van der Waals surface area (Å²) in [7, 11) is 0. The highest BCUT2D eigenvalue weighted by Crippen LogP contribution is 2.25. The lowest BCUT2D eigenvalue weighted by atomic mass is 9.95. The fraction of sp³-hybridized carbons (Fsp3) is 0.588. The summed E-state index contributed by atoms with van der Waals surface area (Å²) in [6, 6.07) is 6.22. The highest BCUT2D eigenvalue weighted by molar-refractivity contribution is 5.70. The van der Waals surface area contributed by atoms with Crippen molar-refractivity contribution in [2.24, 2.45) is 5.92 Å². The molecule has 1 aliphatic heterocycles. The number of anilines is 1. The Labute approximate surface area is 132 Å². The third-order valence-corrected chi connectivity index (χ3v) is 4.33. The third-order valence-electron chi connectivity index (χ3n) is 4.33. The van der Waals surface area contributed by atoms with Crippen LogP contribution in [0.4, 0.5) is 5.69 Å². The van der Waals surface area contributed by atoms with Gasteiger partial charge in [0, 0.05) is 12.6 Å². The first-order valence-electron chi connectivity index (χ1n) is 7.99. The van der Waals surface area contributed by atoms with Crippen LogP contribution >= 0.6 is 0 Å². The van der Waals surface area contributed by atoms with Gasteiger partial charge in [0.15, 0.2) is 0 Å². The molecule has 2 atom stereocenters. The van der Waals surface area contributed by atoms with Crippen molar-refractivity contribution in [3.8, 4) is 5.75 Å². The maximum atomic E-state index is 11.2. The number of rotatable bonds is 6. The van der Waals surface area contributed by atoms with E-state index in [1.165, 1.54) is 0 Å². The van der Waals surface area contributed by atoms with Gasteiger partial charge in [-0.15, -0.1) is 0 Å². The summed E-state index contributed by atoms with van der Waals surface area (Å²) in [6.45, 7) is 6.30. The van der Waals surface area contributed by atoms with E-state index in [0.717, 1.165) is 37.1 Å². The number of nitrogens with two attached hydrogens (primary N) is 1. The van der Waals surface area contributed by atoms with Gasteiger partial charge in [0.25, 0.3) is 0 Å². The number of aliphatic carboxylic acids is 1. The molecule has 122 valence electrons. The van der Waals surface area contributed by atoms with E-state index in [2.05, 4.69) is 11.8 Å². The van der Waals surface area contributed by atoms with E-state index >= 15 is 0 Å². The summed E-state index contributed by atoms with van der Waals surface area (Å²) in [5, 5.41) is 9.19. The number of nitrogens with zero attached hydrogens (tertiary/aromatic N) is 1. The van der Waals surface area contributed by atoms with Crippen LogP contribution in [0, 0.1) is 5.92 Å². The lowest BCUT2D eigenvalue weighted by Gasteiger charge is -2.35. The van der Waals surface area contributed by atoms with Crippen molar-refractivity contribution < 1.29 is 14.6 Å². The Balaban J connectivity index is 1.97. The zero-order valence-electron chi connectivity index (χ0n) is 13.4. The van der Waals surface area contributed by atoms with Gasteiger partial charge < -0.3 is 15.6 Å². The molecule has 2 unspecified atom stereocenters. The number of carboxylic acid groups (broad SMARTS) is 1. The Hall–Kier alpha value is -1.75. The van der Waals surface area contributed by atoms with Gasteiger partial charge in [-0.2, -0.15) is 0 Å². The Bertz CT molecular complexity index is 519. The molecule has 0 amide bonds. The van der Waals surface area contributed by atoms with Crippen LogP contribution in [0.1, 0.15) is 32.3 Å². The van der Waals surface area contributed by atoms with Gasteiger partial charge in [-0.05, 0) is 57.4 Å². The van der Waals surface area contributed by atoms with Crippen molar-refractivity contribution >= 4 is 11.7 Å². The summed E-state index contributed by atoms with van der Waals surface area (Å²) < 4.78 is 5.45. The van der Waals surface area contributed by atoms with E-state index in [1.54, 1.807) is 0 Å². The summed E-state index contributed by atoms with van der Waals surface area (Å²) in [5.41, 5.74) is 7.83. The molecule has 0 aliphatic carbocycles. The van der Waals surface area contributed by atoms with Gasteiger partial charge in [-0.3, -0.25) is 9.69 Å². The van der Waals surface area contributed by atoms with Crippen LogP contribution in [0.3, 0.4) is 0 Å². The molecule has 1 fully saturated rings. The number of carbonyl (C=O) groups is 1. The second-order valence-corrected chi connectivity index (χ2v) is 6.03. The van der Waals surface area contributed by atoms with E-state index in [4.69, 9.17) is 10.5 Å². The first kappa shape index (κ1) is 16.6. The number of hydrogen-bond acceptors (Lipinski definition) is 4. The molecular formula is C17H26N2O3. The van der Waals surface area contributed by atoms with Gasteiger partial charge in [-0.1, -0.05) is 6.07 Å². The van der Waals surface area contributed by atoms with Crippen molar-refractivity contribution in [1.82, 2.24) is 4.90 Å². The molecule has 2 rings (SSSR count). The van der Waals surface area contributed by atoms with E-state index in [9.17, 15) is 9.90 Å². The molecule has 1 aromatic rings. The Morgan fingerprint density at radius 3 is 2.95 bits per heavy atom. The fourth-order valence-corrected chi connectivity index (χ4v) is 3.09. The second kappa shape index (κ2) is 7.49. The van der Waals surface area contributed by atoms with Crippen molar-refractivity contribution in [3.63, 3.8) is 0 Å². The average Bonchev–Trinajstić information content (AvgIpc) is 2.50. The number of hydrogen-bond donors (Lipinski definition) is 2. The standard InChI is InChI=1S/C17H26N2O3/c1-3-22-16-7-6-13(10-15(16)18)9-12(2)19-8-4-5-14(11-19)17(20)21/h6-7,10,12,14H,3-5,8-9,11,18H2,1-2H3,(H,20,21). The average molecular weight is 306 g/mol. The Morgan fingerprint density at radius 1 is 1.55 bits per heavy atom. The molecular weight excluding hydrogens is 280 g/mol. The molecule has 3 N–H and O–H groups in total. The van der Waals surface area contributed by atoms with Crippen molar-refractivity contribution in [2.75, 3.05) is 25.4 Å². The number of likely N-dealkylation sites (tertiary alicyclic amines) is 1. The van der Waals surface area contributed by atoms with Crippen LogP contribution in [0.15, 0.2) is 18.2 Å². The third kappa shape index (κ3) is 4.13. The van der Waals surface area contributed by atoms with Gasteiger partial charge >= 0.3 is 5.97 Å². The number of piperidine rings is 1. The highest BCUT2D eigenvalue weighted by Gasteiger charge is 2.27. The van der Waals surface area contributed by atoms with Gasteiger partial charge in [0.1, 0.15) is 5.75 Å². The van der Waals surface area contributed by atoms with Crippen LogP contribution in [0.5, 0.6) is 5.75 Å². The van der Waals surface area contributed by atoms with Crippen LogP contribution in [0.2, 0.25) is 0 Å². The molecule has 22 heavy (non-hydrogen) atoms. The molecule has 1 heterocycles. The topological polar surface area (TPSA) is 75.8 Å². The number of carboxylic acids is 1. The zero-order valence-corrected chi connectivity index (χ0v) is 13.4. The van der Waals surface area contributed by atoms with Crippen LogP contribution < -0.4 is 10.5 Å². The first-order chi connectivity index (χ1) is 10.5. The number of ether oxygens (including phenoxy) is 1. The van der Waals surface area contributed by atoms with Crippen LogP contribution in [-0.4, -0.2) is 41.7 Å². The summed E-state index contributed by atoms with van der Waals surface area (Å²) >= 11 is 0. The minimum Gasteiger partial charge on any atom is -0.492 e. The highest BCUT2D eigenvalue weighted by atomic mass is 16.5. The molecule has 5 nitrogen and oxygen atoms in total. The predicted molar refractivity (Wildman–Crippen MR) is 87.1 cm³/mol. The monoisotopic (exact) mass is 306 g/mol. The van der Waals surface area contributed by atoms with Crippen molar-refractivity contribution in [2.45, 2.75) is 39.2 Å². The SMILES string of the molecule is CCOc1ccc(CC(C)N2CCCC(C(=O)O)C2)cc1N. The smallest absolute Gasteiger partial charge is 0.307 e. The van der Waals surface area contributed by atoms with E-state index in [0.29, 0.717) is 24.9 Å². The Morgan fingerprint density at radius 2 is 2.32 bits per heavy atom. The predicted octanol–water partition coefficient (Wildman–Crippen LogP) is 2.40.